The van der Waals surface area contributed by atoms with Crippen LogP contribution in [-0.2, 0) is 27.8 Å². The molecule has 32 heavy (non-hydrogen) atoms. The molecule has 1 aliphatic rings. The molecule has 0 unspecified atom stereocenters. The highest BCUT2D eigenvalue weighted by Gasteiger charge is 2.19. The number of rotatable bonds is 8. The zero-order chi connectivity index (χ0) is 22.6. The minimum Gasteiger partial charge on any atom is -0.324 e. The van der Waals surface area contributed by atoms with Gasteiger partial charge < -0.3 is 9.88 Å². The standard InChI is InChI=1S/C23H27N5O3S/c1-2-3-13-22-26-19-10-4-5-11-20(19)28(22)16-23(29)25-17-8-6-9-18(15-17)32(30,31)27-21-12-7-14-24-21/h4-6,8-11,15H,2-3,7,12-14,16H2,1H3,(H,24,27)(H,25,29). The molecule has 4 rings (SSSR count). The number of carbonyl (C=O) groups is 1. The second kappa shape index (κ2) is 9.52. The van der Waals surface area contributed by atoms with E-state index in [1.807, 2.05) is 28.8 Å². The third kappa shape index (κ3) is 4.99. The molecule has 2 N–H and O–H groups in total. The van der Waals surface area contributed by atoms with Crippen LogP contribution in [0.5, 0.6) is 0 Å². The smallest absolute Gasteiger partial charge is 0.262 e. The highest BCUT2D eigenvalue weighted by Crippen LogP contribution is 2.19. The summed E-state index contributed by atoms with van der Waals surface area (Å²) < 4.78 is 29.8. The van der Waals surface area contributed by atoms with Crippen molar-refractivity contribution in [1.82, 2.24) is 14.3 Å². The fourth-order valence-corrected chi connectivity index (χ4v) is 4.88. The van der Waals surface area contributed by atoms with Crippen molar-refractivity contribution in [2.24, 2.45) is 4.99 Å². The van der Waals surface area contributed by atoms with E-state index in [1.165, 1.54) is 12.1 Å². The van der Waals surface area contributed by atoms with Crippen LogP contribution in [0.25, 0.3) is 11.0 Å². The lowest BCUT2D eigenvalue weighted by molar-refractivity contribution is -0.116. The highest BCUT2D eigenvalue weighted by atomic mass is 32.2. The molecule has 1 aliphatic heterocycles. The minimum atomic E-state index is -3.75. The van der Waals surface area contributed by atoms with Gasteiger partial charge in [0.15, 0.2) is 0 Å². The van der Waals surface area contributed by atoms with Gasteiger partial charge >= 0.3 is 0 Å². The summed E-state index contributed by atoms with van der Waals surface area (Å²) in [4.78, 5) is 21.8. The SMILES string of the molecule is CCCCc1nc2ccccc2n1CC(=O)Nc1cccc(S(=O)(=O)NC2=NCCC2)c1. The van der Waals surface area contributed by atoms with E-state index >= 15 is 0 Å². The van der Waals surface area contributed by atoms with E-state index in [2.05, 4.69) is 26.9 Å². The number of aromatic nitrogens is 2. The molecule has 1 amide bonds. The quantitative estimate of drug-likeness (QED) is 0.545. The van der Waals surface area contributed by atoms with Gasteiger partial charge in [0.2, 0.25) is 5.91 Å². The Morgan fingerprint density at radius 1 is 1.16 bits per heavy atom. The van der Waals surface area contributed by atoms with Gasteiger partial charge in [0.25, 0.3) is 10.0 Å². The monoisotopic (exact) mass is 453 g/mol. The highest BCUT2D eigenvalue weighted by molar-refractivity contribution is 7.90. The first kappa shape index (κ1) is 22.0. The number of aliphatic imine (C=N–C) groups is 1. The number of unbranched alkanes of at least 4 members (excludes halogenated alkanes) is 1. The molecule has 0 spiro atoms. The van der Waals surface area contributed by atoms with Gasteiger partial charge in [0, 0.05) is 25.1 Å². The second-order valence-corrected chi connectivity index (χ2v) is 9.50. The summed E-state index contributed by atoms with van der Waals surface area (Å²) in [5.74, 6) is 1.11. The van der Waals surface area contributed by atoms with Crippen LogP contribution < -0.4 is 10.0 Å². The average molecular weight is 454 g/mol. The number of fused-ring (bicyclic) bond motifs is 1. The van der Waals surface area contributed by atoms with Crippen LogP contribution in [0.3, 0.4) is 0 Å². The van der Waals surface area contributed by atoms with Gasteiger partial charge in [-0.25, -0.2) is 13.4 Å². The molecule has 0 bridgehead atoms. The summed E-state index contributed by atoms with van der Waals surface area (Å²) in [6.45, 7) is 2.86. The molecule has 0 saturated heterocycles. The Hall–Kier alpha value is -3.20. The Morgan fingerprint density at radius 3 is 2.78 bits per heavy atom. The molecule has 0 fully saturated rings. The molecular weight excluding hydrogens is 426 g/mol. The van der Waals surface area contributed by atoms with Gasteiger partial charge in [-0.2, -0.15) is 0 Å². The molecule has 8 nitrogen and oxygen atoms in total. The second-order valence-electron chi connectivity index (χ2n) is 7.82. The number of carbonyl (C=O) groups excluding carboxylic acids is 1. The van der Waals surface area contributed by atoms with Crippen molar-refractivity contribution in [3.63, 3.8) is 0 Å². The summed E-state index contributed by atoms with van der Waals surface area (Å²) in [5, 5.41) is 2.82. The number of anilines is 1. The molecule has 0 radical (unpaired) electrons. The van der Waals surface area contributed by atoms with E-state index in [4.69, 9.17) is 0 Å². The average Bonchev–Trinajstić information content (AvgIpc) is 3.40. The topological polar surface area (TPSA) is 105 Å². The number of hydrogen-bond donors (Lipinski definition) is 2. The molecular formula is C23H27N5O3S. The van der Waals surface area contributed by atoms with Crippen LogP contribution in [-0.4, -0.2) is 36.3 Å². The van der Waals surface area contributed by atoms with E-state index in [1.54, 1.807) is 12.1 Å². The summed E-state index contributed by atoms with van der Waals surface area (Å²) in [6.07, 6.45) is 4.29. The zero-order valence-corrected chi connectivity index (χ0v) is 18.9. The maximum absolute atomic E-state index is 12.8. The number of nitrogens with zero attached hydrogens (tertiary/aromatic N) is 3. The first-order chi connectivity index (χ1) is 15.5. The van der Waals surface area contributed by atoms with Crippen molar-refractivity contribution in [3.05, 3.63) is 54.4 Å². The fourth-order valence-electron chi connectivity index (χ4n) is 3.75. The van der Waals surface area contributed by atoms with Crippen molar-refractivity contribution < 1.29 is 13.2 Å². The number of benzene rings is 2. The maximum atomic E-state index is 12.8. The third-order valence-electron chi connectivity index (χ3n) is 5.34. The molecule has 0 atom stereocenters. The van der Waals surface area contributed by atoms with Crippen molar-refractivity contribution in [1.29, 1.82) is 0 Å². The van der Waals surface area contributed by atoms with Crippen molar-refractivity contribution >= 4 is 38.5 Å². The molecule has 1 aromatic heterocycles. The summed E-state index contributed by atoms with van der Waals surface area (Å²) in [7, 11) is -3.75. The molecule has 0 saturated carbocycles. The van der Waals surface area contributed by atoms with Crippen LogP contribution in [0.2, 0.25) is 0 Å². The first-order valence-electron chi connectivity index (χ1n) is 10.9. The Kier molecular flexibility index (Phi) is 6.55. The lowest BCUT2D eigenvalue weighted by Gasteiger charge is -2.12. The van der Waals surface area contributed by atoms with Crippen molar-refractivity contribution in [2.45, 2.75) is 50.5 Å². The Bertz CT molecular complexity index is 1260. The van der Waals surface area contributed by atoms with Crippen molar-refractivity contribution in [3.8, 4) is 0 Å². The Balaban J connectivity index is 1.51. The van der Waals surface area contributed by atoms with Gasteiger partial charge in [-0.15, -0.1) is 0 Å². The van der Waals surface area contributed by atoms with Gasteiger partial charge in [0.05, 0.1) is 15.9 Å². The van der Waals surface area contributed by atoms with E-state index in [9.17, 15) is 13.2 Å². The summed E-state index contributed by atoms with van der Waals surface area (Å²) in [5.41, 5.74) is 2.19. The van der Waals surface area contributed by atoms with Gasteiger partial charge in [-0.3, -0.25) is 14.5 Å². The largest absolute Gasteiger partial charge is 0.324 e. The van der Waals surface area contributed by atoms with Gasteiger partial charge in [-0.1, -0.05) is 31.5 Å². The number of hydrogen-bond acceptors (Lipinski definition) is 5. The van der Waals surface area contributed by atoms with Crippen LogP contribution in [0, 0.1) is 0 Å². The fraction of sp³-hybridized carbons (Fsp3) is 0.348. The van der Waals surface area contributed by atoms with E-state index in [-0.39, 0.29) is 17.3 Å². The number of imidazole rings is 1. The number of aryl methyl sites for hydroxylation is 1. The number of sulfonamides is 1. The number of amidine groups is 1. The summed E-state index contributed by atoms with van der Waals surface area (Å²) in [6, 6.07) is 14.0. The Morgan fingerprint density at radius 2 is 2.00 bits per heavy atom. The zero-order valence-electron chi connectivity index (χ0n) is 18.0. The number of amides is 1. The predicted octanol–water partition coefficient (Wildman–Crippen LogP) is 3.49. The lowest BCUT2D eigenvalue weighted by Crippen LogP contribution is -2.29. The lowest BCUT2D eigenvalue weighted by atomic mass is 10.2. The molecule has 2 heterocycles. The van der Waals surface area contributed by atoms with E-state index in [0.29, 0.717) is 24.5 Å². The summed E-state index contributed by atoms with van der Waals surface area (Å²) >= 11 is 0. The normalized spacial score (nSPS) is 13.8. The van der Waals surface area contributed by atoms with Crippen molar-refractivity contribution in [2.75, 3.05) is 11.9 Å². The number of nitrogens with one attached hydrogen (secondary N) is 2. The molecule has 168 valence electrons. The van der Waals surface area contributed by atoms with Crippen LogP contribution in [0.1, 0.15) is 38.4 Å². The molecule has 3 aromatic rings. The predicted molar refractivity (Wildman–Crippen MR) is 125 cm³/mol. The van der Waals surface area contributed by atoms with E-state index < -0.39 is 10.0 Å². The van der Waals surface area contributed by atoms with Gasteiger partial charge in [0.1, 0.15) is 18.2 Å². The minimum absolute atomic E-state index is 0.0848. The van der Waals surface area contributed by atoms with E-state index in [0.717, 1.165) is 42.5 Å². The molecule has 2 aromatic carbocycles. The Labute approximate surface area is 187 Å². The van der Waals surface area contributed by atoms with Crippen LogP contribution in [0.15, 0.2) is 58.4 Å². The molecule has 0 aliphatic carbocycles. The van der Waals surface area contributed by atoms with Gasteiger partial charge in [-0.05, 0) is 43.2 Å². The maximum Gasteiger partial charge on any atom is 0.262 e. The van der Waals surface area contributed by atoms with Crippen LogP contribution >= 0.6 is 0 Å². The molecule has 9 heteroatoms. The number of para-hydroxylation sites is 2. The third-order valence-corrected chi connectivity index (χ3v) is 6.72. The first-order valence-corrected chi connectivity index (χ1v) is 12.3. The van der Waals surface area contributed by atoms with Crippen LogP contribution in [0.4, 0.5) is 5.69 Å².